The number of halogens is 1. The summed E-state index contributed by atoms with van der Waals surface area (Å²) in [4.78, 5) is 24.5. The third-order valence-electron chi connectivity index (χ3n) is 3.48. The lowest BCUT2D eigenvalue weighted by Gasteiger charge is -2.21. The van der Waals surface area contributed by atoms with E-state index >= 15 is 0 Å². The molecule has 21 heavy (non-hydrogen) atoms. The fraction of sp³-hybridized carbons (Fsp3) is 0.467. The van der Waals surface area contributed by atoms with Crippen LogP contribution in [0.4, 0.5) is 10.5 Å². The number of carbonyl (C=O) groups excluding carboxylic acids is 1. The van der Waals surface area contributed by atoms with Crippen molar-refractivity contribution in [3.05, 3.63) is 27.7 Å². The normalized spacial score (nSPS) is 13.9. The number of aliphatic carboxylic acids is 1. The number of aryl methyl sites for hydroxylation is 2. The van der Waals surface area contributed by atoms with Gasteiger partial charge < -0.3 is 15.3 Å². The maximum absolute atomic E-state index is 12.3. The first-order valence-electron chi connectivity index (χ1n) is 6.91. The van der Waals surface area contributed by atoms with E-state index in [0.29, 0.717) is 18.2 Å². The van der Waals surface area contributed by atoms with Gasteiger partial charge in [0.2, 0.25) is 0 Å². The van der Waals surface area contributed by atoms with Crippen molar-refractivity contribution in [3.63, 3.8) is 0 Å². The number of urea groups is 1. The molecule has 1 aliphatic rings. The van der Waals surface area contributed by atoms with Gasteiger partial charge >= 0.3 is 12.0 Å². The van der Waals surface area contributed by atoms with E-state index in [1.807, 2.05) is 26.0 Å². The Balaban J connectivity index is 2.08. The quantitative estimate of drug-likeness (QED) is 0.851. The van der Waals surface area contributed by atoms with Crippen LogP contribution in [-0.2, 0) is 4.79 Å². The number of amides is 2. The zero-order valence-electron chi connectivity index (χ0n) is 12.1. The molecule has 2 rings (SSSR count). The average molecular weight is 355 g/mol. The van der Waals surface area contributed by atoms with Crippen LogP contribution in [0.15, 0.2) is 16.6 Å². The molecule has 2 N–H and O–H groups in total. The van der Waals surface area contributed by atoms with Crippen molar-refractivity contribution in [2.45, 2.75) is 26.7 Å². The average Bonchev–Trinajstić information content (AvgIpc) is 3.18. The van der Waals surface area contributed by atoms with Crippen LogP contribution in [0.2, 0.25) is 0 Å². The molecule has 0 unspecified atom stereocenters. The number of carboxylic acid groups (broad SMARTS) is 1. The number of nitrogens with one attached hydrogen (secondary N) is 1. The number of hydrogen-bond donors (Lipinski definition) is 2. The first-order chi connectivity index (χ1) is 9.86. The van der Waals surface area contributed by atoms with E-state index in [1.54, 1.807) is 0 Å². The van der Waals surface area contributed by atoms with Crippen LogP contribution in [0.3, 0.4) is 0 Å². The highest BCUT2D eigenvalue weighted by atomic mass is 79.9. The van der Waals surface area contributed by atoms with Crippen LogP contribution in [0, 0.1) is 19.8 Å². The van der Waals surface area contributed by atoms with Crippen molar-refractivity contribution in [2.75, 3.05) is 18.4 Å². The number of rotatable bonds is 5. The molecule has 0 aliphatic heterocycles. The van der Waals surface area contributed by atoms with Crippen LogP contribution >= 0.6 is 15.9 Å². The Kier molecular flexibility index (Phi) is 4.88. The van der Waals surface area contributed by atoms with Gasteiger partial charge in [-0.2, -0.15) is 0 Å². The molecular formula is C15H19BrN2O3. The topological polar surface area (TPSA) is 69.6 Å². The summed E-state index contributed by atoms with van der Waals surface area (Å²) in [5, 5.41) is 11.7. The maximum Gasteiger partial charge on any atom is 0.323 e. The van der Waals surface area contributed by atoms with E-state index in [9.17, 15) is 9.59 Å². The molecule has 1 aliphatic carbocycles. The van der Waals surface area contributed by atoms with Gasteiger partial charge in [-0.1, -0.05) is 15.9 Å². The standard InChI is InChI=1S/C15H19BrN2O3/c1-9-5-12(6-10(2)14(9)16)17-15(21)18(8-13(19)20)7-11-3-4-11/h5-6,11H,3-4,7-8H2,1-2H3,(H,17,21)(H,19,20). The lowest BCUT2D eigenvalue weighted by Crippen LogP contribution is -2.40. The largest absolute Gasteiger partial charge is 0.480 e. The second-order valence-corrected chi connectivity index (χ2v) is 6.36. The molecule has 0 aromatic heterocycles. The Bertz CT molecular complexity index is 547. The molecule has 1 saturated carbocycles. The molecule has 1 aromatic rings. The molecule has 114 valence electrons. The van der Waals surface area contributed by atoms with E-state index in [0.717, 1.165) is 28.4 Å². The molecule has 1 aromatic carbocycles. The smallest absolute Gasteiger partial charge is 0.323 e. The van der Waals surface area contributed by atoms with Gasteiger partial charge in [0.05, 0.1) is 0 Å². The van der Waals surface area contributed by atoms with Gasteiger partial charge in [-0.15, -0.1) is 0 Å². The highest BCUT2D eigenvalue weighted by Gasteiger charge is 2.28. The Morgan fingerprint density at radius 1 is 1.33 bits per heavy atom. The molecule has 0 bridgehead atoms. The zero-order chi connectivity index (χ0) is 15.6. The number of anilines is 1. The monoisotopic (exact) mass is 354 g/mol. The second kappa shape index (κ2) is 6.47. The predicted octanol–water partition coefficient (Wildman–Crippen LogP) is 3.39. The third-order valence-corrected chi connectivity index (χ3v) is 4.73. The molecule has 1 fully saturated rings. The van der Waals surface area contributed by atoms with E-state index in [2.05, 4.69) is 21.2 Å². The van der Waals surface area contributed by atoms with Gasteiger partial charge in [0, 0.05) is 16.7 Å². The van der Waals surface area contributed by atoms with E-state index in [1.165, 1.54) is 4.90 Å². The summed E-state index contributed by atoms with van der Waals surface area (Å²) in [5.41, 5.74) is 2.74. The van der Waals surface area contributed by atoms with Gasteiger partial charge in [-0.05, 0) is 55.9 Å². The summed E-state index contributed by atoms with van der Waals surface area (Å²) >= 11 is 3.48. The molecule has 2 amide bonds. The Labute approximate surface area is 132 Å². The summed E-state index contributed by atoms with van der Waals surface area (Å²) in [6.45, 7) is 4.14. The summed E-state index contributed by atoms with van der Waals surface area (Å²) in [5.74, 6) is -0.544. The minimum atomic E-state index is -0.992. The summed E-state index contributed by atoms with van der Waals surface area (Å²) in [7, 11) is 0. The number of carbonyl (C=O) groups is 2. The van der Waals surface area contributed by atoms with Crippen molar-refractivity contribution in [1.29, 1.82) is 0 Å². The van der Waals surface area contributed by atoms with Crippen molar-refractivity contribution in [1.82, 2.24) is 4.90 Å². The van der Waals surface area contributed by atoms with Gasteiger partial charge in [0.15, 0.2) is 0 Å². The fourth-order valence-corrected chi connectivity index (χ4v) is 2.44. The van der Waals surface area contributed by atoms with Crippen LogP contribution < -0.4 is 5.32 Å². The van der Waals surface area contributed by atoms with E-state index in [4.69, 9.17) is 5.11 Å². The molecular weight excluding hydrogens is 336 g/mol. The maximum atomic E-state index is 12.3. The van der Waals surface area contributed by atoms with Crippen molar-refractivity contribution >= 4 is 33.6 Å². The molecule has 6 heteroatoms. The second-order valence-electron chi connectivity index (χ2n) is 5.57. The number of nitrogens with zero attached hydrogens (tertiary/aromatic N) is 1. The minimum Gasteiger partial charge on any atom is -0.480 e. The highest BCUT2D eigenvalue weighted by Crippen LogP contribution is 2.30. The molecule has 0 atom stereocenters. The predicted molar refractivity (Wildman–Crippen MR) is 84.6 cm³/mol. The lowest BCUT2D eigenvalue weighted by atomic mass is 10.1. The molecule has 0 spiro atoms. The molecule has 0 radical (unpaired) electrons. The Morgan fingerprint density at radius 3 is 2.38 bits per heavy atom. The first-order valence-corrected chi connectivity index (χ1v) is 7.70. The van der Waals surface area contributed by atoms with Crippen molar-refractivity contribution < 1.29 is 14.7 Å². The number of benzene rings is 1. The fourth-order valence-electron chi connectivity index (χ4n) is 2.22. The van der Waals surface area contributed by atoms with Gasteiger partial charge in [-0.3, -0.25) is 4.79 Å². The summed E-state index contributed by atoms with van der Waals surface area (Å²) in [6.07, 6.45) is 2.14. The van der Waals surface area contributed by atoms with E-state index < -0.39 is 5.97 Å². The SMILES string of the molecule is Cc1cc(NC(=O)N(CC(=O)O)CC2CC2)cc(C)c1Br. The molecule has 5 nitrogen and oxygen atoms in total. The number of hydrogen-bond acceptors (Lipinski definition) is 2. The van der Waals surface area contributed by atoms with Crippen LogP contribution in [0.1, 0.15) is 24.0 Å². The zero-order valence-corrected chi connectivity index (χ0v) is 13.7. The summed E-state index contributed by atoms with van der Waals surface area (Å²) < 4.78 is 1.01. The third kappa shape index (κ3) is 4.46. The Morgan fingerprint density at radius 2 is 1.90 bits per heavy atom. The Hall–Kier alpha value is -1.56. The summed E-state index contributed by atoms with van der Waals surface area (Å²) in [6, 6.07) is 3.38. The lowest BCUT2D eigenvalue weighted by molar-refractivity contribution is -0.137. The van der Waals surface area contributed by atoms with Crippen LogP contribution in [0.5, 0.6) is 0 Å². The van der Waals surface area contributed by atoms with Crippen LogP contribution in [0.25, 0.3) is 0 Å². The van der Waals surface area contributed by atoms with Crippen LogP contribution in [-0.4, -0.2) is 35.1 Å². The molecule has 0 heterocycles. The van der Waals surface area contributed by atoms with E-state index in [-0.39, 0.29) is 12.6 Å². The van der Waals surface area contributed by atoms with Gasteiger partial charge in [0.1, 0.15) is 6.54 Å². The first kappa shape index (κ1) is 15.8. The highest BCUT2D eigenvalue weighted by molar-refractivity contribution is 9.10. The van der Waals surface area contributed by atoms with Gasteiger partial charge in [-0.25, -0.2) is 4.79 Å². The van der Waals surface area contributed by atoms with Crippen molar-refractivity contribution in [2.24, 2.45) is 5.92 Å². The number of carboxylic acids is 1. The van der Waals surface area contributed by atoms with Crippen molar-refractivity contribution in [3.8, 4) is 0 Å². The molecule has 0 saturated heterocycles. The minimum absolute atomic E-state index is 0.267. The van der Waals surface area contributed by atoms with Gasteiger partial charge in [0.25, 0.3) is 0 Å².